The first-order valence-electron chi connectivity index (χ1n) is 5.13. The van der Waals surface area contributed by atoms with Crippen LogP contribution >= 0.6 is 11.6 Å². The Bertz CT molecular complexity index is 360. The summed E-state index contributed by atoms with van der Waals surface area (Å²) in [6, 6.07) is 2.95. The van der Waals surface area contributed by atoms with Crippen molar-refractivity contribution >= 4 is 11.6 Å². The largest absolute Gasteiger partial charge is 0.302 e. The first-order chi connectivity index (χ1) is 7.17. The fourth-order valence-corrected chi connectivity index (χ4v) is 1.51. The van der Waals surface area contributed by atoms with E-state index in [4.69, 9.17) is 11.6 Å². The molecule has 1 rings (SSSR count). The smallest absolute Gasteiger partial charge is 0.266 e. The molecule has 1 heterocycles. The lowest BCUT2D eigenvalue weighted by Gasteiger charge is -2.17. The average Bonchev–Trinajstić information content (AvgIpc) is 2.24. The van der Waals surface area contributed by atoms with E-state index in [0.717, 1.165) is 19.6 Å². The summed E-state index contributed by atoms with van der Waals surface area (Å²) in [7, 11) is 0. The second-order valence-corrected chi connectivity index (χ2v) is 3.63. The molecular formula is C10H16ClN3O. The number of rotatable bonds is 5. The Labute approximate surface area is 94.5 Å². The Hall–Kier alpha value is -0.870. The molecule has 0 spiro atoms. The van der Waals surface area contributed by atoms with Crippen LogP contribution in [0, 0.1) is 0 Å². The molecule has 0 saturated heterocycles. The molecule has 0 radical (unpaired) electrons. The van der Waals surface area contributed by atoms with Gasteiger partial charge in [-0.2, -0.15) is 5.10 Å². The topological polar surface area (TPSA) is 38.1 Å². The zero-order valence-electron chi connectivity index (χ0n) is 9.11. The molecule has 0 atom stereocenters. The van der Waals surface area contributed by atoms with Gasteiger partial charge in [-0.05, 0) is 19.2 Å². The van der Waals surface area contributed by atoms with Crippen LogP contribution in [-0.2, 0) is 6.54 Å². The molecule has 0 aromatic carbocycles. The third-order valence-corrected chi connectivity index (χ3v) is 2.56. The van der Waals surface area contributed by atoms with Crippen LogP contribution < -0.4 is 5.56 Å². The van der Waals surface area contributed by atoms with Gasteiger partial charge in [-0.15, -0.1) is 0 Å². The van der Waals surface area contributed by atoms with Gasteiger partial charge in [0, 0.05) is 12.6 Å². The summed E-state index contributed by atoms with van der Waals surface area (Å²) < 4.78 is 1.40. The predicted octanol–water partition coefficient (Wildman–Crippen LogP) is 1.24. The summed E-state index contributed by atoms with van der Waals surface area (Å²) in [5.74, 6) is 0. The summed E-state index contributed by atoms with van der Waals surface area (Å²) in [4.78, 5) is 13.6. The summed E-state index contributed by atoms with van der Waals surface area (Å²) in [6.45, 7) is 7.55. The first kappa shape index (κ1) is 12.2. The molecule has 0 bridgehead atoms. The number of nitrogens with zero attached hydrogens (tertiary/aromatic N) is 3. The van der Waals surface area contributed by atoms with Gasteiger partial charge < -0.3 is 4.90 Å². The molecule has 0 unspecified atom stereocenters. The molecule has 15 heavy (non-hydrogen) atoms. The van der Waals surface area contributed by atoms with Crippen molar-refractivity contribution in [3.8, 4) is 0 Å². The highest BCUT2D eigenvalue weighted by Crippen LogP contribution is 1.98. The van der Waals surface area contributed by atoms with Crippen LogP contribution in [0.5, 0.6) is 0 Å². The van der Waals surface area contributed by atoms with Crippen molar-refractivity contribution in [1.82, 2.24) is 14.7 Å². The highest BCUT2D eigenvalue weighted by molar-refractivity contribution is 6.29. The Kier molecular flexibility index (Phi) is 4.78. The zero-order chi connectivity index (χ0) is 11.3. The lowest BCUT2D eigenvalue weighted by molar-refractivity contribution is 0.282. The van der Waals surface area contributed by atoms with E-state index >= 15 is 0 Å². The highest BCUT2D eigenvalue weighted by atomic mass is 35.5. The van der Waals surface area contributed by atoms with Crippen LogP contribution in [0.3, 0.4) is 0 Å². The van der Waals surface area contributed by atoms with Gasteiger partial charge in [0.25, 0.3) is 5.56 Å². The zero-order valence-corrected chi connectivity index (χ0v) is 9.87. The van der Waals surface area contributed by atoms with Crippen LogP contribution in [0.15, 0.2) is 16.9 Å². The monoisotopic (exact) mass is 229 g/mol. The Morgan fingerprint density at radius 2 is 2.07 bits per heavy atom. The lowest BCUT2D eigenvalue weighted by atomic mass is 10.4. The van der Waals surface area contributed by atoms with Gasteiger partial charge in [-0.3, -0.25) is 4.79 Å². The van der Waals surface area contributed by atoms with Crippen molar-refractivity contribution in [1.29, 1.82) is 0 Å². The van der Waals surface area contributed by atoms with E-state index in [2.05, 4.69) is 23.8 Å². The standard InChI is InChI=1S/C10H16ClN3O/c1-3-13(4-2)7-8-14-10(15)6-5-9(11)12-14/h5-6H,3-4,7-8H2,1-2H3. The minimum Gasteiger partial charge on any atom is -0.302 e. The Balaban J connectivity index is 2.64. The van der Waals surface area contributed by atoms with Gasteiger partial charge >= 0.3 is 0 Å². The van der Waals surface area contributed by atoms with E-state index in [1.165, 1.54) is 16.8 Å². The van der Waals surface area contributed by atoms with Crippen LogP contribution in [0.1, 0.15) is 13.8 Å². The van der Waals surface area contributed by atoms with Gasteiger partial charge in [0.05, 0.1) is 6.54 Å². The summed E-state index contributed by atoms with van der Waals surface area (Å²) >= 11 is 5.72. The molecule has 0 N–H and O–H groups in total. The summed E-state index contributed by atoms with van der Waals surface area (Å²) in [5.41, 5.74) is -0.105. The molecule has 1 aromatic rings. The van der Waals surface area contributed by atoms with E-state index in [1.807, 2.05) is 0 Å². The summed E-state index contributed by atoms with van der Waals surface area (Å²) in [6.07, 6.45) is 0. The minimum absolute atomic E-state index is 0.105. The van der Waals surface area contributed by atoms with Crippen LogP contribution in [-0.4, -0.2) is 34.3 Å². The molecule has 5 heteroatoms. The molecule has 0 fully saturated rings. The number of halogens is 1. The van der Waals surface area contributed by atoms with E-state index < -0.39 is 0 Å². The SMILES string of the molecule is CCN(CC)CCn1nc(Cl)ccc1=O. The van der Waals surface area contributed by atoms with Gasteiger partial charge in [0.1, 0.15) is 5.15 Å². The normalized spacial score (nSPS) is 10.9. The maximum absolute atomic E-state index is 11.4. The van der Waals surface area contributed by atoms with Gasteiger partial charge in [0.15, 0.2) is 0 Å². The second kappa shape index (κ2) is 5.88. The quantitative estimate of drug-likeness (QED) is 0.763. The number of hydrogen-bond donors (Lipinski definition) is 0. The molecule has 0 amide bonds. The van der Waals surface area contributed by atoms with Crippen LogP contribution in [0.25, 0.3) is 0 Å². The van der Waals surface area contributed by atoms with Crippen molar-refractivity contribution in [3.63, 3.8) is 0 Å². The Morgan fingerprint density at radius 3 is 2.67 bits per heavy atom. The Morgan fingerprint density at radius 1 is 1.40 bits per heavy atom. The van der Waals surface area contributed by atoms with Crippen LogP contribution in [0.2, 0.25) is 5.15 Å². The molecular weight excluding hydrogens is 214 g/mol. The van der Waals surface area contributed by atoms with Gasteiger partial charge in [-0.1, -0.05) is 25.4 Å². The maximum atomic E-state index is 11.4. The van der Waals surface area contributed by atoms with E-state index in [9.17, 15) is 4.79 Å². The molecule has 0 aliphatic carbocycles. The molecule has 0 saturated carbocycles. The van der Waals surface area contributed by atoms with Crippen molar-refractivity contribution in [2.75, 3.05) is 19.6 Å². The van der Waals surface area contributed by atoms with E-state index in [-0.39, 0.29) is 5.56 Å². The molecule has 0 aliphatic rings. The number of hydrogen-bond acceptors (Lipinski definition) is 3. The minimum atomic E-state index is -0.105. The van der Waals surface area contributed by atoms with Crippen molar-refractivity contribution in [3.05, 3.63) is 27.6 Å². The first-order valence-corrected chi connectivity index (χ1v) is 5.51. The maximum Gasteiger partial charge on any atom is 0.266 e. The third kappa shape index (κ3) is 3.64. The fraction of sp³-hybridized carbons (Fsp3) is 0.600. The van der Waals surface area contributed by atoms with Crippen molar-refractivity contribution in [2.45, 2.75) is 20.4 Å². The predicted molar refractivity (Wildman–Crippen MR) is 61.3 cm³/mol. The third-order valence-electron chi connectivity index (χ3n) is 2.36. The highest BCUT2D eigenvalue weighted by Gasteiger charge is 2.02. The van der Waals surface area contributed by atoms with E-state index in [1.54, 1.807) is 0 Å². The van der Waals surface area contributed by atoms with E-state index in [0.29, 0.717) is 11.7 Å². The number of likely N-dealkylation sites (N-methyl/N-ethyl adjacent to an activating group) is 1. The van der Waals surface area contributed by atoms with Crippen LogP contribution in [0.4, 0.5) is 0 Å². The second-order valence-electron chi connectivity index (χ2n) is 3.24. The molecule has 4 nitrogen and oxygen atoms in total. The van der Waals surface area contributed by atoms with Crippen molar-refractivity contribution < 1.29 is 0 Å². The molecule has 84 valence electrons. The lowest BCUT2D eigenvalue weighted by Crippen LogP contribution is -2.31. The van der Waals surface area contributed by atoms with Gasteiger partial charge in [0.2, 0.25) is 0 Å². The summed E-state index contributed by atoms with van der Waals surface area (Å²) in [5, 5.41) is 4.31. The fourth-order valence-electron chi connectivity index (χ4n) is 1.36. The molecule has 1 aromatic heterocycles. The number of aromatic nitrogens is 2. The average molecular weight is 230 g/mol. The van der Waals surface area contributed by atoms with Crippen molar-refractivity contribution in [2.24, 2.45) is 0 Å². The molecule has 0 aliphatic heterocycles. The van der Waals surface area contributed by atoms with Gasteiger partial charge in [-0.25, -0.2) is 4.68 Å².